The quantitative estimate of drug-likeness (QED) is 0.525. The molecule has 0 aromatic heterocycles. The summed E-state index contributed by atoms with van der Waals surface area (Å²) in [6.45, 7) is 0. The minimum atomic E-state index is -0.755. The van der Waals surface area contributed by atoms with E-state index in [2.05, 4.69) is 4.99 Å². The maximum atomic E-state index is 10.8. The third-order valence-corrected chi connectivity index (χ3v) is 1.11. The highest BCUT2D eigenvalue weighted by molar-refractivity contribution is 6.65. The van der Waals surface area contributed by atoms with Crippen molar-refractivity contribution in [2.24, 2.45) is 10.7 Å². The number of carbonyl (C=O) groups is 2. The van der Waals surface area contributed by atoms with Crippen molar-refractivity contribution in [3.05, 3.63) is 12.3 Å². The van der Waals surface area contributed by atoms with Gasteiger partial charge in [0, 0.05) is 12.6 Å². The summed E-state index contributed by atoms with van der Waals surface area (Å²) in [6, 6.07) is 0. The van der Waals surface area contributed by atoms with Gasteiger partial charge in [0.15, 0.2) is 11.5 Å². The van der Waals surface area contributed by atoms with Crippen molar-refractivity contribution in [1.82, 2.24) is 0 Å². The van der Waals surface area contributed by atoms with Crippen LogP contribution >= 0.6 is 0 Å². The lowest BCUT2D eigenvalue weighted by Gasteiger charge is -2.00. The van der Waals surface area contributed by atoms with Crippen molar-refractivity contribution in [1.29, 1.82) is 0 Å². The number of nitrogens with two attached hydrogens (primary N) is 1. The number of ketones is 1. The number of hydrogen-bond donors (Lipinski definition) is 1. The summed E-state index contributed by atoms with van der Waals surface area (Å²) in [7, 11) is 0. The molecule has 0 fully saturated rings. The van der Waals surface area contributed by atoms with Gasteiger partial charge in [-0.2, -0.15) is 0 Å². The molecule has 1 rings (SSSR count). The minimum Gasteiger partial charge on any atom is -0.364 e. The number of carbonyl (C=O) groups excluding carboxylic acids is 2. The second kappa shape index (κ2) is 2.43. The molecular formula is C6H6N2O2. The number of allylic oxidation sites excluding steroid dienone is 1. The predicted octanol–water partition coefficient (Wildman–Crippen LogP) is -0.601. The van der Waals surface area contributed by atoms with E-state index in [9.17, 15) is 9.59 Å². The highest BCUT2D eigenvalue weighted by atomic mass is 16.2. The van der Waals surface area contributed by atoms with E-state index in [4.69, 9.17) is 5.73 Å². The number of primary amides is 1. The Morgan fingerprint density at radius 1 is 1.70 bits per heavy atom. The van der Waals surface area contributed by atoms with Crippen LogP contribution in [0.15, 0.2) is 17.3 Å². The summed E-state index contributed by atoms with van der Waals surface area (Å²) in [6.07, 6.45) is 3.21. The summed E-state index contributed by atoms with van der Waals surface area (Å²) >= 11 is 0. The number of rotatable bonds is 1. The van der Waals surface area contributed by atoms with Gasteiger partial charge in [-0.3, -0.25) is 9.59 Å². The van der Waals surface area contributed by atoms with Crippen molar-refractivity contribution in [3.8, 4) is 0 Å². The number of Topliss-reactive ketones (excluding diaryl/α,β-unsaturated/α-hetero) is 1. The van der Waals surface area contributed by atoms with Gasteiger partial charge < -0.3 is 5.73 Å². The fourth-order valence-electron chi connectivity index (χ4n) is 0.657. The van der Waals surface area contributed by atoms with Crippen LogP contribution in [0.25, 0.3) is 0 Å². The zero-order chi connectivity index (χ0) is 7.56. The average Bonchev–Trinajstić information content (AvgIpc) is 1.88. The van der Waals surface area contributed by atoms with Gasteiger partial charge in [-0.25, -0.2) is 4.99 Å². The van der Waals surface area contributed by atoms with Crippen LogP contribution in [-0.4, -0.2) is 17.4 Å². The van der Waals surface area contributed by atoms with Gasteiger partial charge >= 0.3 is 0 Å². The van der Waals surface area contributed by atoms with Crippen LogP contribution in [0.4, 0.5) is 0 Å². The van der Waals surface area contributed by atoms with Gasteiger partial charge in [0.1, 0.15) is 0 Å². The first-order valence-electron chi connectivity index (χ1n) is 2.77. The molecule has 1 amide bonds. The normalized spacial score (nSPS) is 16.8. The Morgan fingerprint density at radius 3 is 2.80 bits per heavy atom. The zero-order valence-corrected chi connectivity index (χ0v) is 5.20. The van der Waals surface area contributed by atoms with Crippen LogP contribution in [0, 0.1) is 0 Å². The van der Waals surface area contributed by atoms with Gasteiger partial charge in [0.05, 0.1) is 0 Å². The molecule has 10 heavy (non-hydrogen) atoms. The zero-order valence-electron chi connectivity index (χ0n) is 5.20. The van der Waals surface area contributed by atoms with E-state index < -0.39 is 5.91 Å². The van der Waals surface area contributed by atoms with Crippen molar-refractivity contribution in [3.63, 3.8) is 0 Å². The lowest BCUT2D eigenvalue weighted by molar-refractivity contribution is -0.116. The topological polar surface area (TPSA) is 72.5 Å². The van der Waals surface area contributed by atoms with E-state index in [-0.39, 0.29) is 17.9 Å². The van der Waals surface area contributed by atoms with E-state index >= 15 is 0 Å². The minimum absolute atomic E-state index is 0.150. The Bertz CT molecular complexity index is 240. The smallest absolute Gasteiger partial charge is 0.271 e. The lowest BCUT2D eigenvalue weighted by Crippen LogP contribution is -2.31. The number of amides is 1. The predicted molar refractivity (Wildman–Crippen MR) is 35.4 cm³/mol. The molecule has 0 aromatic rings. The summed E-state index contributed by atoms with van der Waals surface area (Å²) < 4.78 is 0. The molecule has 0 aliphatic carbocycles. The second-order valence-corrected chi connectivity index (χ2v) is 1.85. The molecule has 1 heterocycles. The Labute approximate surface area is 57.4 Å². The third kappa shape index (κ3) is 1.10. The molecule has 2 N–H and O–H groups in total. The summed E-state index contributed by atoms with van der Waals surface area (Å²) in [4.78, 5) is 24.7. The molecule has 0 unspecified atom stereocenters. The van der Waals surface area contributed by atoms with Crippen LogP contribution in [0.5, 0.6) is 0 Å². The Morgan fingerprint density at radius 2 is 2.40 bits per heavy atom. The number of aliphatic imine (C=N–C) groups is 1. The van der Waals surface area contributed by atoms with Crippen molar-refractivity contribution in [2.45, 2.75) is 6.42 Å². The van der Waals surface area contributed by atoms with Gasteiger partial charge in [-0.05, 0) is 0 Å². The van der Waals surface area contributed by atoms with Gasteiger partial charge in [-0.1, -0.05) is 6.08 Å². The number of hydrogen-bond acceptors (Lipinski definition) is 3. The molecule has 4 nitrogen and oxygen atoms in total. The van der Waals surface area contributed by atoms with Crippen LogP contribution in [0.2, 0.25) is 0 Å². The molecule has 52 valence electrons. The first-order chi connectivity index (χ1) is 4.72. The Balaban J connectivity index is 2.91. The SMILES string of the molecule is NC(=O)C1=NC=CCC1=O. The first-order valence-corrected chi connectivity index (χ1v) is 2.77. The summed E-state index contributed by atoms with van der Waals surface area (Å²) in [5, 5.41) is 0. The average molecular weight is 138 g/mol. The first kappa shape index (κ1) is 6.67. The molecule has 4 heteroatoms. The second-order valence-electron chi connectivity index (χ2n) is 1.85. The van der Waals surface area contributed by atoms with E-state index in [0.29, 0.717) is 0 Å². The molecule has 0 saturated carbocycles. The van der Waals surface area contributed by atoms with Crippen molar-refractivity contribution >= 4 is 17.4 Å². The molecule has 1 aliphatic rings. The van der Waals surface area contributed by atoms with E-state index in [1.165, 1.54) is 6.20 Å². The van der Waals surface area contributed by atoms with Gasteiger partial charge in [0.2, 0.25) is 0 Å². The van der Waals surface area contributed by atoms with Crippen LogP contribution in [-0.2, 0) is 9.59 Å². The third-order valence-electron chi connectivity index (χ3n) is 1.11. The summed E-state index contributed by atoms with van der Waals surface area (Å²) in [5.74, 6) is -1.07. The molecular weight excluding hydrogens is 132 g/mol. The highest BCUT2D eigenvalue weighted by Gasteiger charge is 2.16. The lowest BCUT2D eigenvalue weighted by atomic mass is 10.1. The fraction of sp³-hybridized carbons (Fsp3) is 0.167. The van der Waals surface area contributed by atoms with Gasteiger partial charge in [0.25, 0.3) is 5.91 Å². The maximum Gasteiger partial charge on any atom is 0.271 e. The number of nitrogens with zero attached hydrogens (tertiary/aromatic N) is 1. The van der Waals surface area contributed by atoms with E-state index in [1.54, 1.807) is 6.08 Å². The highest BCUT2D eigenvalue weighted by Crippen LogP contribution is 1.97. The molecule has 0 spiro atoms. The largest absolute Gasteiger partial charge is 0.364 e. The van der Waals surface area contributed by atoms with Crippen LogP contribution < -0.4 is 5.73 Å². The van der Waals surface area contributed by atoms with Crippen LogP contribution in [0.1, 0.15) is 6.42 Å². The van der Waals surface area contributed by atoms with Gasteiger partial charge in [-0.15, -0.1) is 0 Å². The Hall–Kier alpha value is -1.45. The maximum absolute atomic E-state index is 10.8. The van der Waals surface area contributed by atoms with Crippen molar-refractivity contribution in [2.75, 3.05) is 0 Å². The molecule has 0 bridgehead atoms. The molecule has 0 atom stereocenters. The standard InChI is InChI=1S/C6H6N2O2/c7-6(10)5-4(9)2-1-3-8-5/h1,3H,2H2,(H2,7,10). The van der Waals surface area contributed by atoms with Crippen molar-refractivity contribution < 1.29 is 9.59 Å². The molecule has 0 radical (unpaired) electrons. The van der Waals surface area contributed by atoms with E-state index in [0.717, 1.165) is 0 Å². The Kier molecular flexibility index (Phi) is 1.62. The fourth-order valence-corrected chi connectivity index (χ4v) is 0.657. The molecule has 1 aliphatic heterocycles. The molecule has 0 saturated heterocycles. The molecule has 0 aromatic carbocycles. The monoisotopic (exact) mass is 138 g/mol. The summed E-state index contributed by atoms with van der Waals surface area (Å²) in [5.41, 5.74) is 4.68. The van der Waals surface area contributed by atoms with Crippen LogP contribution in [0.3, 0.4) is 0 Å². The van der Waals surface area contributed by atoms with E-state index in [1.807, 2.05) is 0 Å².